The molecule has 0 saturated carbocycles. The number of rotatable bonds is 6. The molecule has 0 aliphatic carbocycles. The van der Waals surface area contributed by atoms with Crippen molar-refractivity contribution < 1.29 is 14.7 Å². The van der Waals surface area contributed by atoms with Crippen LogP contribution in [-0.2, 0) is 16.0 Å². The van der Waals surface area contributed by atoms with Gasteiger partial charge in [0.1, 0.15) is 0 Å². The van der Waals surface area contributed by atoms with E-state index in [4.69, 9.17) is 5.11 Å². The third-order valence-corrected chi connectivity index (χ3v) is 3.81. The van der Waals surface area contributed by atoms with Crippen molar-refractivity contribution in [1.82, 2.24) is 15.2 Å². The van der Waals surface area contributed by atoms with Crippen LogP contribution in [0.2, 0.25) is 0 Å². The SMILES string of the molecule is O=C(O)C1CCN(C(=O)CNCCc2ccncc2)CC1. The van der Waals surface area contributed by atoms with Gasteiger partial charge in [0.25, 0.3) is 0 Å². The molecule has 1 fully saturated rings. The number of aliphatic carboxylic acids is 1. The lowest BCUT2D eigenvalue weighted by molar-refractivity contribution is -0.145. The van der Waals surface area contributed by atoms with Crippen molar-refractivity contribution in [1.29, 1.82) is 0 Å². The van der Waals surface area contributed by atoms with E-state index in [1.807, 2.05) is 12.1 Å². The van der Waals surface area contributed by atoms with Gasteiger partial charge in [-0.2, -0.15) is 0 Å². The zero-order valence-electron chi connectivity index (χ0n) is 12.0. The summed E-state index contributed by atoms with van der Waals surface area (Å²) < 4.78 is 0. The number of pyridine rings is 1. The number of nitrogens with zero attached hydrogens (tertiary/aromatic N) is 2. The maximum Gasteiger partial charge on any atom is 0.306 e. The second-order valence-corrected chi connectivity index (χ2v) is 5.28. The second-order valence-electron chi connectivity index (χ2n) is 5.28. The molecule has 1 aliphatic heterocycles. The zero-order valence-corrected chi connectivity index (χ0v) is 12.0. The molecule has 21 heavy (non-hydrogen) atoms. The first-order valence-electron chi connectivity index (χ1n) is 7.27. The normalized spacial score (nSPS) is 15.9. The number of hydrogen-bond donors (Lipinski definition) is 2. The Morgan fingerprint density at radius 3 is 2.57 bits per heavy atom. The van der Waals surface area contributed by atoms with Crippen LogP contribution in [0, 0.1) is 5.92 Å². The summed E-state index contributed by atoms with van der Waals surface area (Å²) >= 11 is 0. The van der Waals surface area contributed by atoms with E-state index in [1.165, 1.54) is 5.56 Å². The molecule has 0 bridgehead atoms. The lowest BCUT2D eigenvalue weighted by Crippen LogP contribution is -2.44. The second kappa shape index (κ2) is 7.73. The number of carbonyl (C=O) groups is 2. The predicted molar refractivity (Wildman–Crippen MR) is 77.8 cm³/mol. The van der Waals surface area contributed by atoms with Crippen LogP contribution in [0.15, 0.2) is 24.5 Å². The number of likely N-dealkylation sites (tertiary alicyclic amines) is 1. The smallest absolute Gasteiger partial charge is 0.306 e. The highest BCUT2D eigenvalue weighted by Crippen LogP contribution is 2.17. The Morgan fingerprint density at radius 1 is 1.29 bits per heavy atom. The highest BCUT2D eigenvalue weighted by molar-refractivity contribution is 5.78. The van der Waals surface area contributed by atoms with Gasteiger partial charge in [-0.3, -0.25) is 14.6 Å². The molecule has 2 rings (SSSR count). The summed E-state index contributed by atoms with van der Waals surface area (Å²) in [5.41, 5.74) is 1.19. The van der Waals surface area contributed by atoms with Crippen molar-refractivity contribution in [3.63, 3.8) is 0 Å². The number of carboxylic acids is 1. The Bertz CT molecular complexity index is 470. The van der Waals surface area contributed by atoms with Crippen molar-refractivity contribution in [3.05, 3.63) is 30.1 Å². The molecule has 2 heterocycles. The molecule has 2 N–H and O–H groups in total. The van der Waals surface area contributed by atoms with Crippen molar-refractivity contribution in [3.8, 4) is 0 Å². The molecule has 114 valence electrons. The lowest BCUT2D eigenvalue weighted by atomic mass is 9.97. The van der Waals surface area contributed by atoms with E-state index < -0.39 is 5.97 Å². The average Bonchev–Trinajstić information content (AvgIpc) is 2.52. The van der Waals surface area contributed by atoms with Gasteiger partial charge in [-0.1, -0.05) is 0 Å². The highest BCUT2D eigenvalue weighted by Gasteiger charge is 2.26. The predicted octanol–water partition coefficient (Wildman–Crippen LogP) is 0.537. The highest BCUT2D eigenvalue weighted by atomic mass is 16.4. The minimum absolute atomic E-state index is 0.0496. The lowest BCUT2D eigenvalue weighted by Gasteiger charge is -2.30. The maximum absolute atomic E-state index is 12.0. The van der Waals surface area contributed by atoms with Crippen molar-refractivity contribution in [2.24, 2.45) is 5.92 Å². The number of amides is 1. The van der Waals surface area contributed by atoms with Gasteiger partial charge in [-0.05, 0) is 43.5 Å². The maximum atomic E-state index is 12.0. The molecule has 1 aliphatic rings. The molecule has 1 saturated heterocycles. The summed E-state index contributed by atoms with van der Waals surface area (Å²) in [5.74, 6) is -1.00. The molecule has 1 amide bonds. The van der Waals surface area contributed by atoms with E-state index in [2.05, 4.69) is 10.3 Å². The molecule has 1 aromatic rings. The molecule has 0 aromatic carbocycles. The van der Waals surface area contributed by atoms with E-state index in [-0.39, 0.29) is 11.8 Å². The molecule has 6 nitrogen and oxygen atoms in total. The first-order valence-corrected chi connectivity index (χ1v) is 7.27. The quantitative estimate of drug-likeness (QED) is 0.747. The van der Waals surface area contributed by atoms with Gasteiger partial charge in [0, 0.05) is 25.5 Å². The molecular formula is C15H21N3O3. The fourth-order valence-electron chi connectivity index (χ4n) is 2.47. The molecule has 0 spiro atoms. The molecule has 0 radical (unpaired) electrons. The zero-order chi connectivity index (χ0) is 15.1. The number of hydrogen-bond acceptors (Lipinski definition) is 4. The number of carboxylic acid groups (broad SMARTS) is 1. The van der Waals surface area contributed by atoms with Gasteiger partial charge in [-0.15, -0.1) is 0 Å². The summed E-state index contributed by atoms with van der Waals surface area (Å²) in [6, 6.07) is 3.92. The summed E-state index contributed by atoms with van der Waals surface area (Å²) in [7, 11) is 0. The Balaban J connectivity index is 1.63. The van der Waals surface area contributed by atoms with Crippen molar-refractivity contribution in [2.45, 2.75) is 19.3 Å². The topological polar surface area (TPSA) is 82.5 Å². The van der Waals surface area contributed by atoms with E-state index in [0.717, 1.165) is 13.0 Å². The van der Waals surface area contributed by atoms with E-state index >= 15 is 0 Å². The Labute approximate surface area is 124 Å². The van der Waals surface area contributed by atoms with Gasteiger partial charge >= 0.3 is 5.97 Å². The van der Waals surface area contributed by atoms with Crippen LogP contribution in [0.25, 0.3) is 0 Å². The summed E-state index contributed by atoms with van der Waals surface area (Å²) in [5, 5.41) is 12.1. The summed E-state index contributed by atoms with van der Waals surface area (Å²) in [6.07, 6.45) is 5.48. The number of piperidine rings is 1. The summed E-state index contributed by atoms with van der Waals surface area (Å²) in [4.78, 5) is 28.6. The van der Waals surface area contributed by atoms with E-state index in [9.17, 15) is 9.59 Å². The Morgan fingerprint density at radius 2 is 1.95 bits per heavy atom. The number of carbonyl (C=O) groups excluding carboxylic acids is 1. The largest absolute Gasteiger partial charge is 0.481 e. The van der Waals surface area contributed by atoms with Crippen molar-refractivity contribution >= 4 is 11.9 Å². The van der Waals surface area contributed by atoms with Crippen LogP contribution < -0.4 is 5.32 Å². The molecule has 1 aromatic heterocycles. The van der Waals surface area contributed by atoms with Crippen LogP contribution in [0.1, 0.15) is 18.4 Å². The third kappa shape index (κ3) is 4.82. The van der Waals surface area contributed by atoms with Gasteiger partial charge in [0.15, 0.2) is 0 Å². The standard InChI is InChI=1S/C15H21N3O3/c19-14(18-9-4-13(5-10-18)15(20)21)11-17-8-3-12-1-6-16-7-2-12/h1-2,6-7,13,17H,3-5,8-11H2,(H,20,21). The number of nitrogens with one attached hydrogen (secondary N) is 1. The first-order chi connectivity index (χ1) is 10.2. The van der Waals surface area contributed by atoms with E-state index in [1.54, 1.807) is 17.3 Å². The number of aromatic nitrogens is 1. The van der Waals surface area contributed by atoms with Gasteiger partial charge in [0.05, 0.1) is 12.5 Å². The molecular weight excluding hydrogens is 270 g/mol. The Kier molecular flexibility index (Phi) is 5.68. The third-order valence-electron chi connectivity index (χ3n) is 3.81. The fourth-order valence-corrected chi connectivity index (χ4v) is 2.47. The first kappa shape index (κ1) is 15.4. The van der Waals surface area contributed by atoms with E-state index in [0.29, 0.717) is 32.5 Å². The average molecular weight is 291 g/mol. The van der Waals surface area contributed by atoms with Gasteiger partial charge in [0.2, 0.25) is 5.91 Å². The fraction of sp³-hybridized carbons (Fsp3) is 0.533. The van der Waals surface area contributed by atoms with Crippen LogP contribution in [-0.4, -0.2) is 53.0 Å². The van der Waals surface area contributed by atoms with Crippen LogP contribution >= 0.6 is 0 Å². The van der Waals surface area contributed by atoms with Gasteiger partial charge in [-0.25, -0.2) is 0 Å². The minimum Gasteiger partial charge on any atom is -0.481 e. The molecule has 6 heteroatoms. The van der Waals surface area contributed by atoms with Crippen LogP contribution in [0.4, 0.5) is 0 Å². The van der Waals surface area contributed by atoms with Gasteiger partial charge < -0.3 is 15.3 Å². The summed E-state index contributed by atoms with van der Waals surface area (Å²) in [6.45, 7) is 2.13. The minimum atomic E-state index is -0.752. The Hall–Kier alpha value is -1.95. The van der Waals surface area contributed by atoms with Crippen LogP contribution in [0.5, 0.6) is 0 Å². The molecule has 0 atom stereocenters. The molecule has 0 unspecified atom stereocenters. The monoisotopic (exact) mass is 291 g/mol. The van der Waals surface area contributed by atoms with Crippen LogP contribution in [0.3, 0.4) is 0 Å². The van der Waals surface area contributed by atoms with Crippen molar-refractivity contribution in [2.75, 3.05) is 26.2 Å².